The van der Waals surface area contributed by atoms with E-state index in [1.807, 2.05) is 17.0 Å². The lowest BCUT2D eigenvalue weighted by atomic mass is 9.98. The van der Waals surface area contributed by atoms with E-state index >= 15 is 0 Å². The molecule has 0 unspecified atom stereocenters. The number of hydrogen-bond acceptors (Lipinski definition) is 2. The SMILES string of the molecule is CCc1ccc(N2C[C@H](C(=O)N3CCC[C@@H](C)C3)CC2=O)cc1. The minimum atomic E-state index is -0.182. The smallest absolute Gasteiger partial charge is 0.228 e. The molecule has 2 heterocycles. The minimum Gasteiger partial charge on any atom is -0.342 e. The van der Waals surface area contributed by atoms with Gasteiger partial charge in [0, 0.05) is 31.7 Å². The molecular formula is C19H26N2O2. The number of carbonyl (C=O) groups is 2. The van der Waals surface area contributed by atoms with E-state index < -0.39 is 0 Å². The van der Waals surface area contributed by atoms with Crippen LogP contribution >= 0.6 is 0 Å². The first kappa shape index (κ1) is 16.0. The molecule has 0 aromatic heterocycles. The lowest BCUT2D eigenvalue weighted by Gasteiger charge is -2.32. The lowest BCUT2D eigenvalue weighted by Crippen LogP contribution is -2.43. The van der Waals surface area contributed by atoms with Crippen molar-refractivity contribution in [3.05, 3.63) is 29.8 Å². The van der Waals surface area contributed by atoms with Crippen LogP contribution in [0, 0.1) is 11.8 Å². The molecule has 2 fully saturated rings. The highest BCUT2D eigenvalue weighted by molar-refractivity contribution is 6.00. The number of aryl methyl sites for hydroxylation is 1. The molecule has 2 amide bonds. The van der Waals surface area contributed by atoms with Gasteiger partial charge in [-0.3, -0.25) is 9.59 Å². The van der Waals surface area contributed by atoms with Gasteiger partial charge in [-0.2, -0.15) is 0 Å². The number of amides is 2. The average Bonchev–Trinajstić information content (AvgIpc) is 2.96. The maximum Gasteiger partial charge on any atom is 0.228 e. The summed E-state index contributed by atoms with van der Waals surface area (Å²) >= 11 is 0. The second-order valence-electron chi connectivity index (χ2n) is 6.96. The Morgan fingerprint density at radius 1 is 1.22 bits per heavy atom. The van der Waals surface area contributed by atoms with Gasteiger partial charge in [-0.05, 0) is 42.9 Å². The van der Waals surface area contributed by atoms with E-state index in [4.69, 9.17) is 0 Å². The summed E-state index contributed by atoms with van der Waals surface area (Å²) in [7, 11) is 0. The molecule has 4 nitrogen and oxygen atoms in total. The van der Waals surface area contributed by atoms with E-state index in [0.29, 0.717) is 18.9 Å². The molecule has 3 rings (SSSR count). The molecule has 2 saturated heterocycles. The van der Waals surface area contributed by atoms with Crippen LogP contribution in [0.3, 0.4) is 0 Å². The monoisotopic (exact) mass is 314 g/mol. The second-order valence-corrected chi connectivity index (χ2v) is 6.96. The Balaban J connectivity index is 1.67. The normalized spacial score (nSPS) is 25.0. The van der Waals surface area contributed by atoms with Crippen molar-refractivity contribution >= 4 is 17.5 Å². The Bertz CT molecular complexity index is 582. The van der Waals surface area contributed by atoms with Crippen molar-refractivity contribution in [1.82, 2.24) is 4.90 Å². The van der Waals surface area contributed by atoms with Crippen LogP contribution in [0.4, 0.5) is 5.69 Å². The molecule has 2 atom stereocenters. The molecule has 1 aromatic rings. The van der Waals surface area contributed by atoms with Crippen LogP contribution in [0.25, 0.3) is 0 Å². The van der Waals surface area contributed by atoms with Gasteiger partial charge in [0.25, 0.3) is 0 Å². The summed E-state index contributed by atoms with van der Waals surface area (Å²) in [6.07, 6.45) is 3.61. The van der Waals surface area contributed by atoms with Crippen LogP contribution in [0.15, 0.2) is 24.3 Å². The van der Waals surface area contributed by atoms with Gasteiger partial charge in [-0.25, -0.2) is 0 Å². The first-order valence-corrected chi connectivity index (χ1v) is 8.76. The molecule has 0 N–H and O–H groups in total. The number of anilines is 1. The van der Waals surface area contributed by atoms with Crippen molar-refractivity contribution in [3.63, 3.8) is 0 Å². The minimum absolute atomic E-state index is 0.0673. The number of carbonyl (C=O) groups excluding carboxylic acids is 2. The number of hydrogen-bond donors (Lipinski definition) is 0. The molecule has 0 spiro atoms. The number of rotatable bonds is 3. The summed E-state index contributed by atoms with van der Waals surface area (Å²) in [5.41, 5.74) is 2.17. The molecule has 4 heteroatoms. The van der Waals surface area contributed by atoms with Gasteiger partial charge in [-0.1, -0.05) is 26.0 Å². The van der Waals surface area contributed by atoms with Gasteiger partial charge >= 0.3 is 0 Å². The zero-order chi connectivity index (χ0) is 16.4. The maximum atomic E-state index is 12.7. The first-order valence-electron chi connectivity index (χ1n) is 8.76. The maximum absolute atomic E-state index is 12.7. The Morgan fingerprint density at radius 2 is 1.96 bits per heavy atom. The van der Waals surface area contributed by atoms with Crippen LogP contribution < -0.4 is 4.90 Å². The summed E-state index contributed by atoms with van der Waals surface area (Å²) in [6, 6.07) is 8.10. The summed E-state index contributed by atoms with van der Waals surface area (Å²) in [5, 5.41) is 0. The lowest BCUT2D eigenvalue weighted by molar-refractivity contribution is -0.137. The van der Waals surface area contributed by atoms with Crippen LogP contribution in [0.2, 0.25) is 0 Å². The molecule has 2 aliphatic heterocycles. The number of piperidine rings is 1. The number of benzene rings is 1. The third-order valence-electron chi connectivity index (χ3n) is 5.10. The zero-order valence-electron chi connectivity index (χ0n) is 14.1. The second kappa shape index (κ2) is 6.73. The summed E-state index contributed by atoms with van der Waals surface area (Å²) in [5.74, 6) is 0.622. The van der Waals surface area contributed by atoms with E-state index in [9.17, 15) is 9.59 Å². The molecule has 2 aliphatic rings. The Morgan fingerprint density at radius 3 is 2.61 bits per heavy atom. The van der Waals surface area contributed by atoms with Gasteiger partial charge in [-0.15, -0.1) is 0 Å². The molecule has 1 aromatic carbocycles. The molecule has 0 saturated carbocycles. The predicted molar refractivity (Wildman–Crippen MR) is 91.3 cm³/mol. The van der Waals surface area contributed by atoms with E-state index in [1.165, 1.54) is 12.0 Å². The van der Waals surface area contributed by atoms with Crippen molar-refractivity contribution in [2.45, 2.75) is 39.5 Å². The van der Waals surface area contributed by atoms with E-state index in [1.54, 1.807) is 4.90 Å². The van der Waals surface area contributed by atoms with E-state index in [0.717, 1.165) is 31.6 Å². The summed E-state index contributed by atoms with van der Waals surface area (Å²) < 4.78 is 0. The number of nitrogens with zero attached hydrogens (tertiary/aromatic N) is 2. The third kappa shape index (κ3) is 3.41. The molecule has 23 heavy (non-hydrogen) atoms. The van der Waals surface area contributed by atoms with Crippen LogP contribution in [0.5, 0.6) is 0 Å². The molecule has 0 aliphatic carbocycles. The molecule has 0 radical (unpaired) electrons. The fourth-order valence-corrected chi connectivity index (χ4v) is 3.68. The molecule has 0 bridgehead atoms. The van der Waals surface area contributed by atoms with Crippen molar-refractivity contribution in [2.75, 3.05) is 24.5 Å². The molecular weight excluding hydrogens is 288 g/mol. The van der Waals surface area contributed by atoms with Gasteiger partial charge in [0.15, 0.2) is 0 Å². The predicted octanol–water partition coefficient (Wildman–Crippen LogP) is 2.86. The van der Waals surface area contributed by atoms with Crippen molar-refractivity contribution in [3.8, 4) is 0 Å². The Labute approximate surface area is 138 Å². The highest BCUT2D eigenvalue weighted by Gasteiger charge is 2.37. The zero-order valence-corrected chi connectivity index (χ0v) is 14.1. The fraction of sp³-hybridized carbons (Fsp3) is 0.579. The highest BCUT2D eigenvalue weighted by atomic mass is 16.2. The van der Waals surface area contributed by atoms with Gasteiger partial charge in [0.1, 0.15) is 0 Å². The fourth-order valence-electron chi connectivity index (χ4n) is 3.68. The highest BCUT2D eigenvalue weighted by Crippen LogP contribution is 2.28. The standard InChI is InChI=1S/C19H26N2O2/c1-3-15-6-8-17(9-7-15)21-13-16(11-18(21)22)19(23)20-10-4-5-14(2)12-20/h6-9,14,16H,3-5,10-13H2,1-2H3/t14-,16-/m1/s1. The van der Waals surface area contributed by atoms with Crippen molar-refractivity contribution in [2.24, 2.45) is 11.8 Å². The van der Waals surface area contributed by atoms with Crippen LogP contribution in [-0.2, 0) is 16.0 Å². The largest absolute Gasteiger partial charge is 0.342 e. The van der Waals surface area contributed by atoms with Crippen molar-refractivity contribution in [1.29, 1.82) is 0 Å². The first-order chi connectivity index (χ1) is 11.1. The van der Waals surface area contributed by atoms with Gasteiger partial charge < -0.3 is 9.80 Å². The summed E-state index contributed by atoms with van der Waals surface area (Å²) in [6.45, 7) is 6.52. The topological polar surface area (TPSA) is 40.6 Å². The van der Waals surface area contributed by atoms with Crippen LogP contribution in [0.1, 0.15) is 38.7 Å². The molecule has 124 valence electrons. The summed E-state index contributed by atoms with van der Waals surface area (Å²) in [4.78, 5) is 28.8. The Hall–Kier alpha value is -1.84. The third-order valence-corrected chi connectivity index (χ3v) is 5.10. The quantitative estimate of drug-likeness (QED) is 0.861. The van der Waals surface area contributed by atoms with E-state index in [2.05, 4.69) is 26.0 Å². The van der Waals surface area contributed by atoms with Crippen molar-refractivity contribution < 1.29 is 9.59 Å². The van der Waals surface area contributed by atoms with E-state index in [-0.39, 0.29) is 17.7 Å². The van der Waals surface area contributed by atoms with Gasteiger partial charge in [0.2, 0.25) is 11.8 Å². The number of likely N-dealkylation sites (tertiary alicyclic amines) is 1. The van der Waals surface area contributed by atoms with Crippen LogP contribution in [-0.4, -0.2) is 36.3 Å². The Kier molecular flexibility index (Phi) is 4.69. The van der Waals surface area contributed by atoms with Gasteiger partial charge in [0.05, 0.1) is 5.92 Å². The average molecular weight is 314 g/mol.